The maximum atomic E-state index is 3.22. The summed E-state index contributed by atoms with van der Waals surface area (Å²) in [4.78, 5) is 2.77. The molecule has 1 atom stereocenters. The fourth-order valence-corrected chi connectivity index (χ4v) is 2.96. The highest BCUT2D eigenvalue weighted by Crippen LogP contribution is 2.19. The van der Waals surface area contributed by atoms with Crippen molar-refractivity contribution >= 4 is 0 Å². The smallest absolute Gasteiger partial charge is 0.00926 e. The van der Waals surface area contributed by atoms with E-state index in [4.69, 9.17) is 0 Å². The minimum atomic E-state index is 0.884. The van der Waals surface area contributed by atoms with Crippen molar-refractivity contribution in [3.63, 3.8) is 0 Å². The molecule has 1 N–H and O–H groups in total. The van der Waals surface area contributed by atoms with E-state index < -0.39 is 0 Å². The quantitative estimate of drug-likeness (QED) is 0.654. The summed E-state index contributed by atoms with van der Waals surface area (Å²) in [6.45, 7) is 6.24. The Hall–Kier alpha value is -0.0800. The van der Waals surface area contributed by atoms with Crippen LogP contribution in [0.4, 0.5) is 0 Å². The van der Waals surface area contributed by atoms with Crippen LogP contribution in [0.15, 0.2) is 0 Å². The third-order valence-electron chi connectivity index (χ3n) is 4.09. The van der Waals surface area contributed by atoms with Crippen molar-refractivity contribution in [3.8, 4) is 0 Å². The van der Waals surface area contributed by atoms with E-state index in [1.807, 2.05) is 7.05 Å². The highest BCUT2D eigenvalue weighted by molar-refractivity contribution is 4.74. The summed E-state index contributed by atoms with van der Waals surface area (Å²) in [6.07, 6.45) is 12.7. The predicted octanol–water partition coefficient (Wildman–Crippen LogP) is 3.42. The Bertz CT molecular complexity index is 170. The lowest BCUT2D eigenvalue weighted by Gasteiger charge is -2.29. The summed E-state index contributed by atoms with van der Waals surface area (Å²) in [5, 5.41) is 3.22. The average Bonchev–Trinajstić information content (AvgIpc) is 2.58. The summed E-state index contributed by atoms with van der Waals surface area (Å²) in [5.74, 6) is 0. The fraction of sp³-hybridized carbons (Fsp3) is 1.00. The zero-order chi connectivity index (χ0) is 12.3. The van der Waals surface area contributed by atoms with E-state index in [1.165, 1.54) is 77.4 Å². The van der Waals surface area contributed by atoms with Crippen molar-refractivity contribution in [2.75, 3.05) is 26.7 Å². The van der Waals surface area contributed by atoms with E-state index in [-0.39, 0.29) is 0 Å². The fourth-order valence-electron chi connectivity index (χ4n) is 2.96. The molecule has 0 spiro atoms. The second kappa shape index (κ2) is 9.90. The van der Waals surface area contributed by atoms with Gasteiger partial charge in [0.05, 0.1) is 0 Å². The minimum absolute atomic E-state index is 0.884. The van der Waals surface area contributed by atoms with Crippen molar-refractivity contribution in [1.29, 1.82) is 0 Å². The molecule has 0 saturated carbocycles. The van der Waals surface area contributed by atoms with Crippen molar-refractivity contribution in [2.45, 2.75) is 70.8 Å². The number of nitrogens with zero attached hydrogens (tertiary/aromatic N) is 1. The van der Waals surface area contributed by atoms with Gasteiger partial charge in [-0.3, -0.25) is 0 Å². The first-order valence-electron chi connectivity index (χ1n) is 7.77. The van der Waals surface area contributed by atoms with Gasteiger partial charge < -0.3 is 10.2 Å². The molecule has 0 radical (unpaired) electrons. The van der Waals surface area contributed by atoms with Gasteiger partial charge in [0.15, 0.2) is 0 Å². The molecule has 1 aliphatic heterocycles. The van der Waals surface area contributed by atoms with Crippen LogP contribution in [-0.2, 0) is 0 Å². The van der Waals surface area contributed by atoms with Gasteiger partial charge in [0, 0.05) is 6.04 Å². The molecule has 1 aliphatic rings. The topological polar surface area (TPSA) is 15.3 Å². The molecule has 2 heteroatoms. The first-order chi connectivity index (χ1) is 8.38. The lowest BCUT2D eigenvalue weighted by molar-refractivity contribution is 0.190. The molecule has 0 bridgehead atoms. The largest absolute Gasteiger partial charge is 0.320 e. The van der Waals surface area contributed by atoms with Crippen molar-refractivity contribution in [2.24, 2.45) is 0 Å². The SMILES string of the molecule is CCC1CCCCCN1CCCCCCNC. The third kappa shape index (κ3) is 6.42. The first kappa shape index (κ1) is 15.0. The molecule has 102 valence electrons. The van der Waals surface area contributed by atoms with Gasteiger partial charge >= 0.3 is 0 Å². The van der Waals surface area contributed by atoms with E-state index in [0.29, 0.717) is 0 Å². The highest BCUT2D eigenvalue weighted by Gasteiger charge is 2.18. The lowest BCUT2D eigenvalue weighted by atomic mass is 10.1. The molecule has 0 aromatic heterocycles. The van der Waals surface area contributed by atoms with Gasteiger partial charge in [-0.05, 0) is 58.8 Å². The Morgan fingerprint density at radius 3 is 2.65 bits per heavy atom. The van der Waals surface area contributed by atoms with Crippen LogP contribution in [0.5, 0.6) is 0 Å². The van der Waals surface area contributed by atoms with Crippen LogP contribution in [0.2, 0.25) is 0 Å². The molecule has 1 rings (SSSR count). The normalized spacial score (nSPS) is 22.6. The van der Waals surface area contributed by atoms with Gasteiger partial charge in [-0.2, -0.15) is 0 Å². The highest BCUT2D eigenvalue weighted by atomic mass is 15.1. The average molecular weight is 240 g/mol. The van der Waals surface area contributed by atoms with Crippen LogP contribution in [0.25, 0.3) is 0 Å². The second-order valence-electron chi connectivity index (χ2n) is 5.47. The first-order valence-corrected chi connectivity index (χ1v) is 7.77. The number of unbranched alkanes of at least 4 members (excludes halogenated alkanes) is 3. The molecule has 0 aromatic carbocycles. The van der Waals surface area contributed by atoms with E-state index in [9.17, 15) is 0 Å². The summed E-state index contributed by atoms with van der Waals surface area (Å²) >= 11 is 0. The van der Waals surface area contributed by atoms with E-state index in [0.717, 1.165) is 6.04 Å². The zero-order valence-corrected chi connectivity index (χ0v) is 12.0. The number of nitrogens with one attached hydrogen (secondary N) is 1. The van der Waals surface area contributed by atoms with Crippen molar-refractivity contribution in [1.82, 2.24) is 10.2 Å². The third-order valence-corrected chi connectivity index (χ3v) is 4.09. The molecule has 1 heterocycles. The Morgan fingerprint density at radius 2 is 1.88 bits per heavy atom. The molecule has 0 aromatic rings. The second-order valence-corrected chi connectivity index (χ2v) is 5.47. The van der Waals surface area contributed by atoms with Gasteiger partial charge in [0.25, 0.3) is 0 Å². The lowest BCUT2D eigenvalue weighted by Crippen LogP contribution is -2.35. The summed E-state index contributed by atoms with van der Waals surface area (Å²) in [5.41, 5.74) is 0. The van der Waals surface area contributed by atoms with Gasteiger partial charge in [-0.1, -0.05) is 32.6 Å². The Morgan fingerprint density at radius 1 is 1.06 bits per heavy atom. The summed E-state index contributed by atoms with van der Waals surface area (Å²) in [7, 11) is 2.04. The number of hydrogen-bond donors (Lipinski definition) is 1. The molecule has 0 aliphatic carbocycles. The molecule has 2 nitrogen and oxygen atoms in total. The molecule has 0 amide bonds. The van der Waals surface area contributed by atoms with E-state index in [1.54, 1.807) is 0 Å². The van der Waals surface area contributed by atoms with Crippen LogP contribution in [0.3, 0.4) is 0 Å². The van der Waals surface area contributed by atoms with Gasteiger partial charge in [0.1, 0.15) is 0 Å². The van der Waals surface area contributed by atoms with Gasteiger partial charge in [-0.25, -0.2) is 0 Å². The molecule has 1 unspecified atom stereocenters. The van der Waals surface area contributed by atoms with Crippen LogP contribution in [0.1, 0.15) is 64.7 Å². The van der Waals surface area contributed by atoms with E-state index >= 15 is 0 Å². The van der Waals surface area contributed by atoms with Gasteiger partial charge in [0.2, 0.25) is 0 Å². The van der Waals surface area contributed by atoms with Crippen LogP contribution < -0.4 is 5.32 Å². The van der Waals surface area contributed by atoms with Crippen LogP contribution in [0, 0.1) is 0 Å². The molecule has 17 heavy (non-hydrogen) atoms. The van der Waals surface area contributed by atoms with Crippen molar-refractivity contribution < 1.29 is 0 Å². The predicted molar refractivity (Wildman–Crippen MR) is 76.5 cm³/mol. The number of hydrogen-bond acceptors (Lipinski definition) is 2. The van der Waals surface area contributed by atoms with Crippen LogP contribution >= 0.6 is 0 Å². The molecule has 1 fully saturated rings. The minimum Gasteiger partial charge on any atom is -0.320 e. The maximum Gasteiger partial charge on any atom is 0.00926 e. The standard InChI is InChI=1S/C15H32N2/c1-3-15-11-7-6-10-14-17(15)13-9-5-4-8-12-16-2/h15-16H,3-14H2,1-2H3. The zero-order valence-electron chi connectivity index (χ0n) is 12.0. The Kier molecular flexibility index (Phi) is 8.72. The maximum absolute atomic E-state index is 3.22. The van der Waals surface area contributed by atoms with Crippen molar-refractivity contribution in [3.05, 3.63) is 0 Å². The Labute approximate surface area is 108 Å². The van der Waals surface area contributed by atoms with Crippen LogP contribution in [-0.4, -0.2) is 37.6 Å². The Balaban J connectivity index is 2.10. The monoisotopic (exact) mass is 240 g/mol. The summed E-state index contributed by atoms with van der Waals surface area (Å²) < 4.78 is 0. The summed E-state index contributed by atoms with van der Waals surface area (Å²) in [6, 6.07) is 0.884. The molecular weight excluding hydrogens is 208 g/mol. The molecule has 1 saturated heterocycles. The number of likely N-dealkylation sites (tertiary alicyclic amines) is 1. The van der Waals surface area contributed by atoms with Gasteiger partial charge in [-0.15, -0.1) is 0 Å². The van der Waals surface area contributed by atoms with E-state index in [2.05, 4.69) is 17.1 Å². The molecular formula is C15H32N2. The number of rotatable bonds is 8.